The highest BCUT2D eigenvalue weighted by molar-refractivity contribution is 7.98. The Morgan fingerprint density at radius 1 is 1.03 bits per heavy atom. The minimum absolute atomic E-state index is 0.00745. The first-order valence-electron chi connectivity index (χ1n) is 9.97. The number of benzene rings is 2. The van der Waals surface area contributed by atoms with E-state index < -0.39 is 23.3 Å². The van der Waals surface area contributed by atoms with Crippen LogP contribution < -0.4 is 15.0 Å². The minimum Gasteiger partial charge on any atom is -0.497 e. The number of esters is 1. The smallest absolute Gasteiger partial charge is 0.416 e. The highest BCUT2D eigenvalue weighted by Gasteiger charge is 2.31. The number of carbonyl (C=O) groups excluding carboxylic acids is 1. The Morgan fingerprint density at radius 2 is 1.76 bits per heavy atom. The maximum absolute atomic E-state index is 13.3. The van der Waals surface area contributed by atoms with Gasteiger partial charge in [-0.1, -0.05) is 12.1 Å². The van der Waals surface area contributed by atoms with Crippen molar-refractivity contribution in [3.8, 4) is 17.2 Å². The van der Waals surface area contributed by atoms with Gasteiger partial charge in [0, 0.05) is 33.7 Å². The van der Waals surface area contributed by atoms with Crippen LogP contribution in [0, 0.1) is 6.92 Å². The lowest BCUT2D eigenvalue weighted by Crippen LogP contribution is -2.28. The maximum atomic E-state index is 13.3. The first-order valence-corrected chi connectivity index (χ1v) is 11.0. The van der Waals surface area contributed by atoms with Gasteiger partial charge in [-0.15, -0.1) is 11.8 Å². The monoisotopic (exact) mass is 493 g/mol. The van der Waals surface area contributed by atoms with Gasteiger partial charge in [-0.05, 0) is 37.3 Å². The van der Waals surface area contributed by atoms with E-state index in [9.17, 15) is 22.8 Å². The molecule has 0 aliphatic rings. The average molecular weight is 494 g/mol. The molecule has 3 aromatic rings. The summed E-state index contributed by atoms with van der Waals surface area (Å²) < 4.78 is 56.3. The van der Waals surface area contributed by atoms with E-state index in [1.165, 1.54) is 44.2 Å². The lowest BCUT2D eigenvalue weighted by molar-refractivity contribution is -0.137. The van der Waals surface area contributed by atoms with Crippen LogP contribution in [0.25, 0.3) is 5.69 Å². The molecule has 0 saturated heterocycles. The van der Waals surface area contributed by atoms with Gasteiger partial charge in [-0.3, -0.25) is 9.36 Å². The number of thioether (sulfide) groups is 1. The zero-order chi connectivity index (χ0) is 25.0. The summed E-state index contributed by atoms with van der Waals surface area (Å²) in [6.45, 7) is 1.61. The molecule has 10 heteroatoms. The van der Waals surface area contributed by atoms with Gasteiger partial charge in [-0.2, -0.15) is 13.2 Å². The number of alkyl halides is 3. The predicted molar refractivity (Wildman–Crippen MR) is 122 cm³/mol. The van der Waals surface area contributed by atoms with E-state index in [-0.39, 0.29) is 11.3 Å². The summed E-state index contributed by atoms with van der Waals surface area (Å²) in [7, 11) is 4.20. The standard InChI is InChI=1S/C24H22F3NO5S/c1-14-21(34-13-15-8-9-18(31-2)11-20(15)32-3)12-19(23(30)33-4)22(29)28(14)17-7-5-6-16(10-17)24(25,26)27/h5-12H,13H2,1-4H3. The minimum atomic E-state index is -4.59. The molecule has 0 N–H and O–H groups in total. The van der Waals surface area contributed by atoms with E-state index in [1.54, 1.807) is 19.1 Å². The zero-order valence-electron chi connectivity index (χ0n) is 18.9. The summed E-state index contributed by atoms with van der Waals surface area (Å²) in [5, 5.41) is 0. The molecular weight excluding hydrogens is 471 g/mol. The molecule has 1 heterocycles. The number of hydrogen-bond donors (Lipinski definition) is 0. The Morgan fingerprint density at radius 3 is 2.38 bits per heavy atom. The molecule has 0 atom stereocenters. The molecule has 0 aliphatic heterocycles. The fourth-order valence-electron chi connectivity index (χ4n) is 3.34. The molecule has 3 rings (SSSR count). The Labute approximate surface area is 198 Å². The molecule has 34 heavy (non-hydrogen) atoms. The Bertz CT molecular complexity index is 1270. The number of rotatable bonds is 7. The van der Waals surface area contributed by atoms with Crippen molar-refractivity contribution in [2.24, 2.45) is 0 Å². The molecule has 0 bridgehead atoms. The van der Waals surface area contributed by atoms with Gasteiger partial charge >= 0.3 is 12.1 Å². The fraction of sp³-hybridized carbons (Fsp3) is 0.250. The Balaban J connectivity index is 2.11. The van der Waals surface area contributed by atoms with Crippen LogP contribution in [0.15, 0.2) is 58.2 Å². The molecule has 1 aromatic heterocycles. The summed E-state index contributed by atoms with van der Waals surface area (Å²) >= 11 is 1.30. The van der Waals surface area contributed by atoms with Gasteiger partial charge < -0.3 is 14.2 Å². The number of ether oxygens (including phenoxy) is 3. The second-order valence-electron chi connectivity index (χ2n) is 7.15. The first-order chi connectivity index (χ1) is 16.1. The van der Waals surface area contributed by atoms with Gasteiger partial charge in [0.1, 0.15) is 17.1 Å². The molecule has 0 unspecified atom stereocenters. The largest absolute Gasteiger partial charge is 0.497 e. The second kappa shape index (κ2) is 10.3. The normalized spacial score (nSPS) is 11.3. The summed E-state index contributed by atoms with van der Waals surface area (Å²) in [4.78, 5) is 25.9. The van der Waals surface area contributed by atoms with Crippen LogP contribution in [0.1, 0.15) is 27.2 Å². The van der Waals surface area contributed by atoms with Crippen LogP contribution >= 0.6 is 11.8 Å². The Hall–Kier alpha value is -3.40. The zero-order valence-corrected chi connectivity index (χ0v) is 19.7. The number of halogens is 3. The van der Waals surface area contributed by atoms with Gasteiger partial charge in [0.15, 0.2) is 0 Å². The summed E-state index contributed by atoms with van der Waals surface area (Å²) in [6.07, 6.45) is -4.59. The summed E-state index contributed by atoms with van der Waals surface area (Å²) in [5.74, 6) is 0.724. The molecule has 6 nitrogen and oxygen atoms in total. The molecule has 0 aliphatic carbocycles. The third-order valence-corrected chi connectivity index (χ3v) is 6.29. The second-order valence-corrected chi connectivity index (χ2v) is 8.17. The highest BCUT2D eigenvalue weighted by atomic mass is 32.2. The third kappa shape index (κ3) is 5.22. The number of hydrogen-bond acceptors (Lipinski definition) is 6. The third-order valence-electron chi connectivity index (χ3n) is 5.12. The van der Waals surface area contributed by atoms with Crippen molar-refractivity contribution in [3.63, 3.8) is 0 Å². The van der Waals surface area contributed by atoms with Crippen molar-refractivity contribution in [2.45, 2.75) is 23.7 Å². The van der Waals surface area contributed by atoms with Crippen LogP contribution in [0.5, 0.6) is 11.5 Å². The van der Waals surface area contributed by atoms with E-state index >= 15 is 0 Å². The molecular formula is C24H22F3NO5S. The van der Waals surface area contributed by atoms with Crippen molar-refractivity contribution in [2.75, 3.05) is 21.3 Å². The number of methoxy groups -OCH3 is 3. The van der Waals surface area contributed by atoms with E-state index in [4.69, 9.17) is 14.2 Å². The molecule has 0 saturated carbocycles. The molecule has 0 spiro atoms. The van der Waals surface area contributed by atoms with E-state index in [0.29, 0.717) is 27.8 Å². The average Bonchev–Trinajstić information content (AvgIpc) is 2.82. The van der Waals surface area contributed by atoms with E-state index in [2.05, 4.69) is 0 Å². The molecule has 0 radical (unpaired) electrons. The van der Waals surface area contributed by atoms with Gasteiger partial charge in [0.05, 0.1) is 26.9 Å². The lowest BCUT2D eigenvalue weighted by atomic mass is 10.1. The van der Waals surface area contributed by atoms with Crippen LogP contribution in [-0.2, 0) is 16.7 Å². The van der Waals surface area contributed by atoms with Crippen LogP contribution in [0.4, 0.5) is 13.2 Å². The van der Waals surface area contributed by atoms with Gasteiger partial charge in [0.2, 0.25) is 0 Å². The predicted octanol–water partition coefficient (Wildman–Crippen LogP) is 5.26. The topological polar surface area (TPSA) is 66.8 Å². The van der Waals surface area contributed by atoms with Crippen molar-refractivity contribution in [3.05, 3.63) is 81.3 Å². The fourth-order valence-corrected chi connectivity index (χ4v) is 4.39. The summed E-state index contributed by atoms with van der Waals surface area (Å²) in [5.41, 5.74) is -0.757. The molecule has 0 fully saturated rings. The maximum Gasteiger partial charge on any atom is 0.416 e. The molecule has 0 amide bonds. The summed E-state index contributed by atoms with van der Waals surface area (Å²) in [6, 6.07) is 11.1. The van der Waals surface area contributed by atoms with Crippen molar-refractivity contribution < 1.29 is 32.2 Å². The van der Waals surface area contributed by atoms with Crippen molar-refractivity contribution >= 4 is 17.7 Å². The van der Waals surface area contributed by atoms with Crippen LogP contribution in [0.2, 0.25) is 0 Å². The molecule has 180 valence electrons. The number of nitrogens with zero attached hydrogens (tertiary/aromatic N) is 1. The number of pyridine rings is 1. The number of carbonyl (C=O) groups is 1. The Kier molecular flexibility index (Phi) is 7.61. The van der Waals surface area contributed by atoms with Gasteiger partial charge in [0.25, 0.3) is 5.56 Å². The van der Waals surface area contributed by atoms with Crippen molar-refractivity contribution in [1.29, 1.82) is 0 Å². The van der Waals surface area contributed by atoms with Crippen molar-refractivity contribution in [1.82, 2.24) is 4.57 Å². The first kappa shape index (κ1) is 25.2. The van der Waals surface area contributed by atoms with Gasteiger partial charge in [-0.25, -0.2) is 4.79 Å². The highest BCUT2D eigenvalue weighted by Crippen LogP contribution is 2.34. The SMILES string of the molecule is COC(=O)c1cc(SCc2ccc(OC)cc2OC)c(C)n(-c2cccc(C(F)(F)F)c2)c1=O. The lowest BCUT2D eigenvalue weighted by Gasteiger charge is -2.17. The van der Waals surface area contributed by atoms with E-state index in [1.807, 2.05) is 6.07 Å². The van der Waals surface area contributed by atoms with Crippen LogP contribution in [-0.4, -0.2) is 31.9 Å². The molecule has 2 aromatic carbocycles. The quantitative estimate of drug-likeness (QED) is 0.330. The van der Waals surface area contributed by atoms with Crippen LogP contribution in [0.3, 0.4) is 0 Å². The van der Waals surface area contributed by atoms with E-state index in [0.717, 1.165) is 29.4 Å². The number of aromatic nitrogens is 1.